The van der Waals surface area contributed by atoms with Gasteiger partial charge in [-0.1, -0.05) is 0 Å². The van der Waals surface area contributed by atoms with Gasteiger partial charge in [-0.05, 0) is 21.9 Å². The van der Waals surface area contributed by atoms with Crippen LogP contribution in [0.5, 0.6) is 0 Å². The monoisotopic (exact) mass is 311 g/mol. The molecule has 1 aliphatic heterocycles. The number of rotatable bonds is 3. The van der Waals surface area contributed by atoms with Gasteiger partial charge in [-0.15, -0.1) is 28.2 Å². The summed E-state index contributed by atoms with van der Waals surface area (Å²) in [4.78, 5) is 25.5. The Bertz CT molecular complexity index is 641. The summed E-state index contributed by atoms with van der Waals surface area (Å²) in [6.45, 7) is 0. The van der Waals surface area contributed by atoms with Gasteiger partial charge in [0.05, 0.1) is 11.6 Å². The van der Waals surface area contributed by atoms with Crippen molar-refractivity contribution in [3.05, 3.63) is 22.7 Å². The molecule has 10 heteroatoms. The van der Waals surface area contributed by atoms with Crippen LogP contribution < -0.4 is 0 Å². The molecule has 0 radical (unpaired) electrons. The molecule has 1 N–H and O–H groups in total. The Balaban J connectivity index is 1.92. The second-order valence-electron chi connectivity index (χ2n) is 4.02. The van der Waals surface area contributed by atoms with Crippen molar-refractivity contribution in [2.75, 3.05) is 11.6 Å². The highest BCUT2D eigenvalue weighted by Crippen LogP contribution is 2.28. The predicted molar refractivity (Wildman–Crippen MR) is 71.9 cm³/mol. The Kier molecular flexibility index (Phi) is 3.40. The third kappa shape index (κ3) is 2.16. The molecule has 0 spiro atoms. The maximum absolute atomic E-state index is 12.5. The predicted octanol–water partition coefficient (Wildman–Crippen LogP) is 0.323. The van der Waals surface area contributed by atoms with Crippen LogP contribution in [0, 0.1) is 0 Å². The van der Waals surface area contributed by atoms with Gasteiger partial charge in [-0.25, -0.2) is 4.79 Å². The number of thiophene rings is 1. The molecule has 1 unspecified atom stereocenters. The molecule has 104 valence electrons. The van der Waals surface area contributed by atoms with E-state index >= 15 is 0 Å². The van der Waals surface area contributed by atoms with E-state index in [4.69, 9.17) is 5.11 Å². The average Bonchev–Trinajstić information content (AvgIpc) is 3.17. The Morgan fingerprint density at radius 2 is 2.30 bits per heavy atom. The normalized spacial score (nSPS) is 18.4. The standard InChI is InChI=1S/C10H9N5O3S2/c16-9(14-5-19-3-7(14)10(17)18)8-6(1-2-20-8)15-4-11-12-13-15/h1-2,4,7H,3,5H2,(H,17,18). The van der Waals surface area contributed by atoms with E-state index in [1.807, 2.05) is 0 Å². The van der Waals surface area contributed by atoms with E-state index in [1.54, 1.807) is 11.4 Å². The summed E-state index contributed by atoms with van der Waals surface area (Å²) in [7, 11) is 0. The molecule has 0 aromatic carbocycles. The fourth-order valence-electron chi connectivity index (χ4n) is 1.89. The van der Waals surface area contributed by atoms with Crippen LogP contribution in [0.3, 0.4) is 0 Å². The third-order valence-electron chi connectivity index (χ3n) is 2.86. The lowest BCUT2D eigenvalue weighted by atomic mass is 10.2. The van der Waals surface area contributed by atoms with E-state index in [0.29, 0.717) is 22.2 Å². The Labute approximate surface area is 121 Å². The maximum Gasteiger partial charge on any atom is 0.327 e. The number of hydrogen-bond acceptors (Lipinski definition) is 7. The summed E-state index contributed by atoms with van der Waals surface area (Å²) in [5.74, 6) is -0.498. The fraction of sp³-hybridized carbons (Fsp3) is 0.300. The van der Waals surface area contributed by atoms with E-state index in [0.717, 1.165) is 0 Å². The molecule has 1 aliphatic rings. The first-order chi connectivity index (χ1) is 9.68. The number of aromatic nitrogens is 4. The lowest BCUT2D eigenvalue weighted by Gasteiger charge is -2.20. The zero-order valence-corrected chi connectivity index (χ0v) is 11.7. The second kappa shape index (κ2) is 5.21. The van der Waals surface area contributed by atoms with Gasteiger partial charge in [-0.3, -0.25) is 4.79 Å². The molecule has 2 aromatic rings. The van der Waals surface area contributed by atoms with Crippen LogP contribution >= 0.6 is 23.1 Å². The van der Waals surface area contributed by atoms with Gasteiger partial charge < -0.3 is 10.0 Å². The molecule has 2 aromatic heterocycles. The Morgan fingerprint density at radius 3 is 3.00 bits per heavy atom. The summed E-state index contributed by atoms with van der Waals surface area (Å²) in [5.41, 5.74) is 0.561. The van der Waals surface area contributed by atoms with Crippen LogP contribution in [-0.4, -0.2) is 59.8 Å². The maximum atomic E-state index is 12.5. The van der Waals surface area contributed by atoms with Crippen molar-refractivity contribution in [1.82, 2.24) is 25.1 Å². The molecule has 20 heavy (non-hydrogen) atoms. The number of carboxylic acid groups (broad SMARTS) is 1. The average molecular weight is 311 g/mol. The van der Waals surface area contributed by atoms with Crippen LogP contribution in [-0.2, 0) is 4.79 Å². The van der Waals surface area contributed by atoms with Gasteiger partial charge in [0.2, 0.25) is 0 Å². The highest BCUT2D eigenvalue weighted by atomic mass is 32.2. The van der Waals surface area contributed by atoms with E-state index < -0.39 is 12.0 Å². The van der Waals surface area contributed by atoms with Gasteiger partial charge in [-0.2, -0.15) is 4.68 Å². The fourth-order valence-corrected chi connectivity index (χ4v) is 3.87. The van der Waals surface area contributed by atoms with Crippen LogP contribution in [0.4, 0.5) is 0 Å². The first kappa shape index (κ1) is 13.1. The van der Waals surface area contributed by atoms with E-state index in [9.17, 15) is 9.59 Å². The number of tetrazole rings is 1. The summed E-state index contributed by atoms with van der Waals surface area (Å²) in [6, 6.07) is 0.948. The summed E-state index contributed by atoms with van der Waals surface area (Å²) >= 11 is 2.68. The van der Waals surface area contributed by atoms with Crippen molar-refractivity contribution >= 4 is 35.0 Å². The van der Waals surface area contributed by atoms with Gasteiger partial charge in [0.15, 0.2) is 0 Å². The lowest BCUT2D eigenvalue weighted by Crippen LogP contribution is -2.41. The van der Waals surface area contributed by atoms with E-state index in [2.05, 4.69) is 15.5 Å². The molecule has 1 atom stereocenters. The minimum Gasteiger partial charge on any atom is -0.480 e. The van der Waals surface area contributed by atoms with Crippen molar-refractivity contribution in [2.24, 2.45) is 0 Å². The highest BCUT2D eigenvalue weighted by Gasteiger charge is 2.36. The number of amides is 1. The number of hydrogen-bond donors (Lipinski definition) is 1. The lowest BCUT2D eigenvalue weighted by molar-refractivity contribution is -0.140. The van der Waals surface area contributed by atoms with Crippen molar-refractivity contribution in [3.8, 4) is 5.69 Å². The van der Waals surface area contributed by atoms with Gasteiger partial charge >= 0.3 is 5.97 Å². The smallest absolute Gasteiger partial charge is 0.327 e. The van der Waals surface area contributed by atoms with Crippen LogP contribution in [0.1, 0.15) is 9.67 Å². The summed E-state index contributed by atoms with van der Waals surface area (Å²) in [5, 5.41) is 21.7. The van der Waals surface area contributed by atoms with Gasteiger partial charge in [0.25, 0.3) is 5.91 Å². The third-order valence-corrected chi connectivity index (χ3v) is 4.77. The summed E-state index contributed by atoms with van der Waals surface area (Å²) < 4.78 is 1.39. The van der Waals surface area contributed by atoms with Crippen LogP contribution in [0.15, 0.2) is 17.8 Å². The molecule has 3 heterocycles. The summed E-state index contributed by atoms with van der Waals surface area (Å²) in [6.07, 6.45) is 1.40. The van der Waals surface area contributed by atoms with Gasteiger partial charge in [0, 0.05) is 5.75 Å². The topological polar surface area (TPSA) is 101 Å². The highest BCUT2D eigenvalue weighted by molar-refractivity contribution is 7.99. The molecule has 1 saturated heterocycles. The van der Waals surface area contributed by atoms with Crippen LogP contribution in [0.2, 0.25) is 0 Å². The number of carboxylic acids is 1. The van der Waals surface area contributed by atoms with E-state index in [1.165, 1.54) is 39.0 Å². The Hall–Kier alpha value is -1.94. The number of carbonyl (C=O) groups is 2. The molecule has 3 rings (SSSR count). The Morgan fingerprint density at radius 1 is 1.45 bits per heavy atom. The molecule has 0 saturated carbocycles. The largest absolute Gasteiger partial charge is 0.480 e. The zero-order valence-electron chi connectivity index (χ0n) is 10.0. The molecule has 1 fully saturated rings. The molecular weight excluding hydrogens is 302 g/mol. The number of aliphatic carboxylic acids is 1. The zero-order chi connectivity index (χ0) is 14.1. The minimum absolute atomic E-state index is 0.303. The SMILES string of the molecule is O=C(O)C1CSCN1C(=O)c1sccc1-n1cnnn1. The molecule has 0 aliphatic carbocycles. The van der Waals surface area contributed by atoms with Crippen molar-refractivity contribution in [2.45, 2.75) is 6.04 Å². The van der Waals surface area contributed by atoms with Crippen molar-refractivity contribution in [3.63, 3.8) is 0 Å². The molecular formula is C10H9N5O3S2. The van der Waals surface area contributed by atoms with Crippen molar-refractivity contribution < 1.29 is 14.7 Å². The van der Waals surface area contributed by atoms with Crippen molar-refractivity contribution in [1.29, 1.82) is 0 Å². The quantitative estimate of drug-likeness (QED) is 0.871. The molecule has 1 amide bonds. The number of nitrogens with zero attached hydrogens (tertiary/aromatic N) is 5. The first-order valence-corrected chi connectivity index (χ1v) is 7.64. The minimum atomic E-state index is -0.983. The van der Waals surface area contributed by atoms with Crippen LogP contribution in [0.25, 0.3) is 5.69 Å². The van der Waals surface area contributed by atoms with E-state index in [-0.39, 0.29) is 5.91 Å². The number of thioether (sulfide) groups is 1. The van der Waals surface area contributed by atoms with Gasteiger partial charge in [0.1, 0.15) is 17.2 Å². The second-order valence-corrected chi connectivity index (χ2v) is 5.93. The molecule has 8 nitrogen and oxygen atoms in total. The first-order valence-electron chi connectivity index (χ1n) is 5.61. The molecule has 0 bridgehead atoms. The number of carbonyl (C=O) groups excluding carboxylic acids is 1.